The highest BCUT2D eigenvalue weighted by Crippen LogP contribution is 2.36. The number of phenols is 1. The second-order valence-electron chi connectivity index (χ2n) is 11.5. The number of carbonyl (C=O) groups is 3. The van der Waals surface area contributed by atoms with E-state index in [0.717, 1.165) is 34.7 Å². The van der Waals surface area contributed by atoms with Gasteiger partial charge in [0.1, 0.15) is 30.3 Å². The van der Waals surface area contributed by atoms with Gasteiger partial charge >= 0.3 is 6.03 Å². The topological polar surface area (TPSA) is 109 Å². The minimum Gasteiger partial charge on any atom is -0.508 e. The number of aromatic hydroxyl groups is 1. The molecule has 4 amide bonds. The number of hydrogen-bond acceptors (Lipinski definition) is 7. The number of nitrogens with zero attached hydrogens (tertiary/aromatic N) is 5. The molecule has 3 aliphatic heterocycles. The van der Waals surface area contributed by atoms with Gasteiger partial charge in [0, 0.05) is 38.7 Å². The molecule has 2 atom stereocenters. The lowest BCUT2D eigenvalue weighted by Crippen LogP contribution is -2.76. The molecule has 234 valence electrons. The third-order valence-electron chi connectivity index (χ3n) is 8.55. The quantitative estimate of drug-likeness (QED) is 0.378. The van der Waals surface area contributed by atoms with E-state index in [0.29, 0.717) is 13.2 Å². The number of hydrogen-bond donors (Lipinski definition) is 2. The highest BCUT2D eigenvalue weighted by atomic mass is 16.5. The molecule has 3 heterocycles. The van der Waals surface area contributed by atoms with Crippen LogP contribution in [0.25, 0.3) is 0 Å². The van der Waals surface area contributed by atoms with Gasteiger partial charge in [0.05, 0.1) is 25.3 Å². The van der Waals surface area contributed by atoms with Gasteiger partial charge in [0.25, 0.3) is 0 Å². The molecule has 0 aliphatic carbocycles. The fourth-order valence-corrected chi connectivity index (χ4v) is 6.33. The molecule has 2 N–H and O–H groups in total. The van der Waals surface area contributed by atoms with Crippen LogP contribution in [0.1, 0.15) is 16.7 Å². The molecule has 0 unspecified atom stereocenters. The standard InChI is InChI=1S/C34H38N6O5/c1-3-16-38-23-31(42)39-29(19-24-12-14-27(41)15-13-24)33(43)37(21-26-10-7-11-28-32(26)45-18-17-36(28)2)22-30(39)40(38)34(44)35-20-25-8-5-4-6-9-25/h3-15,29-30,41H,1,16-23H2,2H3,(H,35,44)/t29-,30-/m0/s1. The van der Waals surface area contributed by atoms with E-state index < -0.39 is 12.2 Å². The fourth-order valence-electron chi connectivity index (χ4n) is 6.33. The first kappa shape index (κ1) is 30.0. The van der Waals surface area contributed by atoms with Crippen molar-refractivity contribution in [3.05, 3.63) is 102 Å². The highest BCUT2D eigenvalue weighted by molar-refractivity contribution is 5.92. The third-order valence-corrected chi connectivity index (χ3v) is 8.55. The van der Waals surface area contributed by atoms with E-state index in [1.165, 1.54) is 0 Å². The predicted molar refractivity (Wildman–Crippen MR) is 169 cm³/mol. The number of likely N-dealkylation sites (N-methyl/N-ethyl adjacent to an activating group) is 1. The minimum absolute atomic E-state index is 0.0764. The number of piperazine rings is 1. The van der Waals surface area contributed by atoms with Gasteiger partial charge in [-0.3, -0.25) is 9.59 Å². The Labute approximate surface area is 262 Å². The van der Waals surface area contributed by atoms with Crippen LogP contribution in [0.4, 0.5) is 10.5 Å². The summed E-state index contributed by atoms with van der Waals surface area (Å²) in [4.78, 5) is 47.5. The SMILES string of the molecule is C=CCN1CC(=O)N2[C@@H](Cc3ccc(O)cc3)C(=O)N(Cc3cccc4c3OCCN4C)C[C@@H]2N1C(=O)NCc1ccccc1. The van der Waals surface area contributed by atoms with Crippen LogP contribution >= 0.6 is 0 Å². The average Bonchev–Trinajstić information content (AvgIpc) is 3.04. The zero-order chi connectivity index (χ0) is 31.5. The number of rotatable bonds is 8. The predicted octanol–water partition coefficient (Wildman–Crippen LogP) is 2.96. The number of ether oxygens (including phenoxy) is 1. The summed E-state index contributed by atoms with van der Waals surface area (Å²) in [6.45, 7) is 6.02. The molecule has 2 fully saturated rings. The van der Waals surface area contributed by atoms with Crippen LogP contribution in [-0.2, 0) is 29.1 Å². The van der Waals surface area contributed by atoms with Crippen molar-refractivity contribution < 1.29 is 24.2 Å². The first-order valence-corrected chi connectivity index (χ1v) is 15.1. The number of nitrogens with one attached hydrogen (secondary N) is 1. The second-order valence-corrected chi connectivity index (χ2v) is 11.5. The molecule has 3 aromatic rings. The molecule has 0 bridgehead atoms. The molecule has 0 radical (unpaired) electrons. The number of anilines is 1. The molecule has 3 aromatic carbocycles. The molecule has 45 heavy (non-hydrogen) atoms. The van der Waals surface area contributed by atoms with E-state index in [9.17, 15) is 19.5 Å². The van der Waals surface area contributed by atoms with Crippen molar-refractivity contribution in [2.24, 2.45) is 0 Å². The van der Waals surface area contributed by atoms with Gasteiger partial charge in [-0.2, -0.15) is 0 Å². The van der Waals surface area contributed by atoms with Crippen LogP contribution < -0.4 is 15.0 Å². The van der Waals surface area contributed by atoms with Crippen LogP contribution in [0.15, 0.2) is 85.5 Å². The number of carbonyl (C=O) groups excluding carboxylic acids is 3. The van der Waals surface area contributed by atoms with Crippen LogP contribution in [-0.4, -0.2) is 94.8 Å². The fraction of sp³-hybridized carbons (Fsp3) is 0.324. The summed E-state index contributed by atoms with van der Waals surface area (Å²) in [6.07, 6.45) is 1.12. The Morgan fingerprint density at radius 2 is 1.82 bits per heavy atom. The Morgan fingerprint density at radius 1 is 1.04 bits per heavy atom. The van der Waals surface area contributed by atoms with Gasteiger partial charge in [-0.05, 0) is 29.3 Å². The smallest absolute Gasteiger partial charge is 0.334 e. The Balaban J connectivity index is 1.36. The van der Waals surface area contributed by atoms with Crippen molar-refractivity contribution in [1.29, 1.82) is 0 Å². The first-order valence-electron chi connectivity index (χ1n) is 15.1. The van der Waals surface area contributed by atoms with Crippen molar-refractivity contribution >= 4 is 23.5 Å². The molecular weight excluding hydrogens is 572 g/mol. The Kier molecular flexibility index (Phi) is 8.61. The van der Waals surface area contributed by atoms with Crippen LogP contribution in [0.3, 0.4) is 0 Å². The zero-order valence-electron chi connectivity index (χ0n) is 25.3. The largest absolute Gasteiger partial charge is 0.508 e. The van der Waals surface area contributed by atoms with Gasteiger partial charge < -0.3 is 29.9 Å². The van der Waals surface area contributed by atoms with Gasteiger partial charge in [-0.1, -0.05) is 60.7 Å². The van der Waals surface area contributed by atoms with Crippen molar-refractivity contribution in [3.8, 4) is 11.5 Å². The first-order chi connectivity index (χ1) is 21.8. The molecule has 11 heteroatoms. The van der Waals surface area contributed by atoms with Crippen molar-refractivity contribution in [2.75, 3.05) is 44.7 Å². The number of phenolic OH excluding ortho intramolecular Hbond substituents is 1. The Hall–Kier alpha value is -5.03. The van der Waals surface area contributed by atoms with Gasteiger partial charge in [0.15, 0.2) is 0 Å². The lowest BCUT2D eigenvalue weighted by atomic mass is 9.98. The van der Waals surface area contributed by atoms with Gasteiger partial charge in [-0.25, -0.2) is 14.8 Å². The molecule has 0 spiro atoms. The summed E-state index contributed by atoms with van der Waals surface area (Å²) in [5.41, 5.74) is 3.54. The number of hydrazine groups is 1. The monoisotopic (exact) mass is 610 g/mol. The van der Waals surface area contributed by atoms with E-state index in [4.69, 9.17) is 4.74 Å². The number of amides is 4. The molecule has 6 rings (SSSR count). The van der Waals surface area contributed by atoms with Crippen molar-refractivity contribution in [1.82, 2.24) is 25.1 Å². The molecule has 2 saturated heterocycles. The third kappa shape index (κ3) is 6.16. The molecule has 0 aromatic heterocycles. The van der Waals surface area contributed by atoms with E-state index in [2.05, 4.69) is 16.8 Å². The molecule has 3 aliphatic rings. The molecular formula is C34H38N6O5. The summed E-state index contributed by atoms with van der Waals surface area (Å²) in [6, 6.07) is 20.9. The van der Waals surface area contributed by atoms with Crippen LogP contribution in [0.2, 0.25) is 0 Å². The normalized spacial score (nSPS) is 19.9. The molecule has 11 nitrogen and oxygen atoms in total. The number of fused-ring (bicyclic) bond motifs is 2. The lowest BCUT2D eigenvalue weighted by molar-refractivity contribution is -0.189. The van der Waals surface area contributed by atoms with Gasteiger partial charge in [-0.15, -0.1) is 6.58 Å². The maximum absolute atomic E-state index is 14.3. The minimum atomic E-state index is -0.862. The Bertz CT molecular complexity index is 1570. The van der Waals surface area contributed by atoms with Crippen LogP contribution in [0, 0.1) is 0 Å². The van der Waals surface area contributed by atoms with E-state index >= 15 is 0 Å². The molecule has 0 saturated carbocycles. The summed E-state index contributed by atoms with van der Waals surface area (Å²) < 4.78 is 6.08. The van der Waals surface area contributed by atoms with E-state index in [-0.39, 0.29) is 56.2 Å². The maximum Gasteiger partial charge on any atom is 0.334 e. The van der Waals surface area contributed by atoms with E-state index in [1.807, 2.05) is 55.6 Å². The summed E-state index contributed by atoms with van der Waals surface area (Å²) in [5.74, 6) is 0.397. The highest BCUT2D eigenvalue weighted by Gasteiger charge is 2.51. The Morgan fingerprint density at radius 3 is 2.58 bits per heavy atom. The van der Waals surface area contributed by atoms with Gasteiger partial charge in [0.2, 0.25) is 11.8 Å². The second kappa shape index (κ2) is 12.9. The summed E-state index contributed by atoms with van der Waals surface area (Å²) in [7, 11) is 2.01. The number of para-hydroxylation sites is 1. The summed E-state index contributed by atoms with van der Waals surface area (Å²) in [5, 5.41) is 16.1. The number of urea groups is 1. The average molecular weight is 611 g/mol. The van der Waals surface area contributed by atoms with Crippen LogP contribution in [0.5, 0.6) is 11.5 Å². The maximum atomic E-state index is 14.3. The zero-order valence-corrected chi connectivity index (χ0v) is 25.3. The van der Waals surface area contributed by atoms with E-state index in [1.54, 1.807) is 50.2 Å². The summed E-state index contributed by atoms with van der Waals surface area (Å²) >= 11 is 0. The number of benzene rings is 3. The van der Waals surface area contributed by atoms with Crippen molar-refractivity contribution in [3.63, 3.8) is 0 Å². The van der Waals surface area contributed by atoms with Crippen molar-refractivity contribution in [2.45, 2.75) is 31.7 Å². The lowest BCUT2D eigenvalue weighted by Gasteiger charge is -2.55.